The predicted molar refractivity (Wildman–Crippen MR) is 76.7 cm³/mol. The molecule has 0 bridgehead atoms. The highest BCUT2D eigenvalue weighted by molar-refractivity contribution is 7.18. The maximum atomic E-state index is 11.3. The number of hydrogen-bond donors (Lipinski definition) is 2. The van der Waals surface area contributed by atoms with Crippen molar-refractivity contribution in [2.75, 3.05) is 5.32 Å². The Hall–Kier alpha value is -1.69. The van der Waals surface area contributed by atoms with Crippen LogP contribution in [0.4, 0.5) is 5.82 Å². The number of rotatable bonds is 5. The summed E-state index contributed by atoms with van der Waals surface area (Å²) in [4.78, 5) is 19.7. The van der Waals surface area contributed by atoms with Crippen molar-refractivity contribution in [3.8, 4) is 0 Å². The first-order valence-electron chi connectivity index (χ1n) is 6.17. The molecule has 0 unspecified atom stereocenters. The summed E-state index contributed by atoms with van der Waals surface area (Å²) in [5.74, 6) is 0.0564. The first-order valence-corrected chi connectivity index (χ1v) is 7.05. The second kappa shape index (κ2) is 5.52. The van der Waals surface area contributed by atoms with Gasteiger partial charge in [0.25, 0.3) is 0 Å². The van der Waals surface area contributed by atoms with E-state index in [0.29, 0.717) is 18.2 Å². The average Bonchev–Trinajstić information content (AvgIpc) is 2.71. The van der Waals surface area contributed by atoms with Crippen LogP contribution in [0.1, 0.15) is 25.8 Å². The van der Waals surface area contributed by atoms with Crippen molar-refractivity contribution in [2.45, 2.75) is 33.2 Å². The summed E-state index contributed by atoms with van der Waals surface area (Å²) < 4.78 is 0.912. The minimum atomic E-state index is -0.853. The lowest BCUT2D eigenvalue weighted by Crippen LogP contribution is -2.31. The van der Waals surface area contributed by atoms with Crippen molar-refractivity contribution >= 4 is 33.3 Å². The van der Waals surface area contributed by atoms with Crippen LogP contribution in [0.3, 0.4) is 0 Å². The van der Waals surface area contributed by atoms with Crippen molar-refractivity contribution in [1.82, 2.24) is 9.97 Å². The number of nitrogens with zero attached hydrogens (tertiary/aromatic N) is 2. The van der Waals surface area contributed by atoms with E-state index >= 15 is 0 Å². The maximum Gasteiger partial charge on any atom is 0.326 e. The Kier molecular flexibility index (Phi) is 3.99. The van der Waals surface area contributed by atoms with Gasteiger partial charge in [0.05, 0.1) is 10.2 Å². The molecule has 0 fully saturated rings. The first kappa shape index (κ1) is 13.7. The van der Waals surface area contributed by atoms with E-state index in [4.69, 9.17) is 0 Å². The topological polar surface area (TPSA) is 75.1 Å². The number of hydrogen-bond acceptors (Lipinski definition) is 5. The largest absolute Gasteiger partial charge is 0.480 e. The van der Waals surface area contributed by atoms with Crippen LogP contribution in [0.15, 0.2) is 11.7 Å². The van der Waals surface area contributed by atoms with Gasteiger partial charge in [-0.1, -0.05) is 13.8 Å². The van der Waals surface area contributed by atoms with Gasteiger partial charge in [-0.25, -0.2) is 14.8 Å². The van der Waals surface area contributed by atoms with Crippen molar-refractivity contribution in [2.24, 2.45) is 5.92 Å². The van der Waals surface area contributed by atoms with Crippen LogP contribution in [0.2, 0.25) is 0 Å². The highest BCUT2D eigenvalue weighted by atomic mass is 32.1. The highest BCUT2D eigenvalue weighted by Gasteiger charge is 2.20. The summed E-state index contributed by atoms with van der Waals surface area (Å²) in [6, 6.07) is -0.625. The van der Waals surface area contributed by atoms with E-state index < -0.39 is 12.0 Å². The SMILES string of the molecule is Cc1csc2c(N[C@@H](CC(C)C)C(=O)O)ncnc12. The fourth-order valence-electron chi connectivity index (χ4n) is 1.93. The van der Waals surface area contributed by atoms with E-state index in [1.807, 2.05) is 26.2 Å². The normalized spacial score (nSPS) is 12.8. The van der Waals surface area contributed by atoms with E-state index in [-0.39, 0.29) is 0 Å². The molecule has 2 N–H and O–H groups in total. The Morgan fingerprint density at radius 3 is 2.84 bits per heavy atom. The molecule has 0 aliphatic rings. The van der Waals surface area contributed by atoms with Gasteiger partial charge in [-0.3, -0.25) is 0 Å². The van der Waals surface area contributed by atoms with Crippen molar-refractivity contribution in [1.29, 1.82) is 0 Å². The van der Waals surface area contributed by atoms with Crippen LogP contribution in [-0.4, -0.2) is 27.1 Å². The molecule has 2 aromatic rings. The number of thiophene rings is 1. The molecule has 2 rings (SSSR count). The van der Waals surface area contributed by atoms with E-state index in [1.54, 1.807) is 0 Å². The smallest absolute Gasteiger partial charge is 0.326 e. The minimum absolute atomic E-state index is 0.302. The molecule has 2 aromatic heterocycles. The molecule has 6 heteroatoms. The molecule has 0 aliphatic carbocycles. The zero-order valence-electron chi connectivity index (χ0n) is 11.2. The lowest BCUT2D eigenvalue weighted by molar-refractivity contribution is -0.138. The van der Waals surface area contributed by atoms with Gasteiger partial charge in [0.15, 0.2) is 0 Å². The molecule has 0 amide bonds. The number of aromatic nitrogens is 2. The summed E-state index contributed by atoms with van der Waals surface area (Å²) in [5.41, 5.74) is 1.97. The van der Waals surface area contributed by atoms with Gasteiger partial charge < -0.3 is 10.4 Å². The van der Waals surface area contributed by atoms with Crippen LogP contribution < -0.4 is 5.32 Å². The fraction of sp³-hybridized carbons (Fsp3) is 0.462. The molecule has 102 valence electrons. The third kappa shape index (κ3) is 3.01. The highest BCUT2D eigenvalue weighted by Crippen LogP contribution is 2.29. The third-order valence-corrected chi connectivity index (χ3v) is 3.94. The summed E-state index contributed by atoms with van der Waals surface area (Å²) in [7, 11) is 0. The van der Waals surface area contributed by atoms with Gasteiger partial charge >= 0.3 is 5.97 Å². The molecule has 1 atom stereocenters. The monoisotopic (exact) mass is 279 g/mol. The van der Waals surface area contributed by atoms with E-state index in [2.05, 4.69) is 15.3 Å². The molecule has 5 nitrogen and oxygen atoms in total. The standard InChI is InChI=1S/C13H17N3O2S/c1-7(2)4-9(13(17)18)16-12-11-10(14-6-15-12)8(3)5-19-11/h5-7,9H,4H2,1-3H3,(H,17,18)(H,14,15,16)/t9-/m0/s1. The Bertz CT molecular complexity index is 595. The average molecular weight is 279 g/mol. The summed E-state index contributed by atoms with van der Waals surface area (Å²) in [6.07, 6.45) is 2.03. The Balaban J connectivity index is 2.31. The third-order valence-electron chi connectivity index (χ3n) is 2.85. The van der Waals surface area contributed by atoms with Gasteiger partial charge in [-0.15, -0.1) is 11.3 Å². The zero-order chi connectivity index (χ0) is 14.0. The summed E-state index contributed by atoms with van der Waals surface area (Å²) in [5, 5.41) is 14.3. The Morgan fingerprint density at radius 2 is 2.21 bits per heavy atom. The van der Waals surface area contributed by atoms with Crippen LogP contribution in [0.5, 0.6) is 0 Å². The van der Waals surface area contributed by atoms with Crippen LogP contribution in [0.25, 0.3) is 10.2 Å². The lowest BCUT2D eigenvalue weighted by atomic mass is 10.0. The van der Waals surface area contributed by atoms with E-state index in [0.717, 1.165) is 15.8 Å². The number of carboxylic acid groups (broad SMARTS) is 1. The number of aliphatic carboxylic acids is 1. The number of aryl methyl sites for hydroxylation is 1. The Morgan fingerprint density at radius 1 is 1.47 bits per heavy atom. The quantitative estimate of drug-likeness (QED) is 0.880. The maximum absolute atomic E-state index is 11.3. The van der Waals surface area contributed by atoms with Crippen molar-refractivity contribution < 1.29 is 9.90 Å². The van der Waals surface area contributed by atoms with Gasteiger partial charge in [0, 0.05) is 0 Å². The lowest BCUT2D eigenvalue weighted by Gasteiger charge is -2.17. The fourth-order valence-corrected chi connectivity index (χ4v) is 2.88. The number of carbonyl (C=O) groups is 1. The Labute approximate surface area is 115 Å². The second-order valence-electron chi connectivity index (χ2n) is 4.98. The molecule has 0 radical (unpaired) electrons. The molecule has 0 saturated heterocycles. The first-order chi connectivity index (χ1) is 8.99. The number of nitrogens with one attached hydrogen (secondary N) is 1. The van der Waals surface area contributed by atoms with Gasteiger partial charge in [-0.2, -0.15) is 0 Å². The second-order valence-corrected chi connectivity index (χ2v) is 5.86. The van der Waals surface area contributed by atoms with Crippen LogP contribution in [-0.2, 0) is 4.79 Å². The van der Waals surface area contributed by atoms with Crippen molar-refractivity contribution in [3.05, 3.63) is 17.3 Å². The number of carboxylic acids is 1. The zero-order valence-corrected chi connectivity index (χ0v) is 12.0. The molecule has 0 aliphatic heterocycles. The summed E-state index contributed by atoms with van der Waals surface area (Å²) in [6.45, 7) is 5.99. The van der Waals surface area contributed by atoms with E-state index in [9.17, 15) is 9.90 Å². The van der Waals surface area contributed by atoms with Gasteiger partial charge in [0.2, 0.25) is 0 Å². The molecular formula is C13H17N3O2S. The van der Waals surface area contributed by atoms with Gasteiger partial charge in [0.1, 0.15) is 18.2 Å². The summed E-state index contributed by atoms with van der Waals surface area (Å²) >= 11 is 1.53. The predicted octanol–water partition coefficient (Wildman–Crippen LogP) is 2.91. The molecule has 2 heterocycles. The molecule has 0 aromatic carbocycles. The molecular weight excluding hydrogens is 262 g/mol. The van der Waals surface area contributed by atoms with Crippen LogP contribution >= 0.6 is 11.3 Å². The van der Waals surface area contributed by atoms with Gasteiger partial charge in [-0.05, 0) is 30.2 Å². The number of fused-ring (bicyclic) bond motifs is 1. The molecule has 19 heavy (non-hydrogen) atoms. The molecule has 0 saturated carbocycles. The minimum Gasteiger partial charge on any atom is -0.480 e. The molecule has 0 spiro atoms. The van der Waals surface area contributed by atoms with E-state index in [1.165, 1.54) is 17.7 Å². The number of anilines is 1. The van der Waals surface area contributed by atoms with Crippen LogP contribution in [0, 0.1) is 12.8 Å². The van der Waals surface area contributed by atoms with Crippen molar-refractivity contribution in [3.63, 3.8) is 0 Å².